The van der Waals surface area contributed by atoms with Crippen LogP contribution in [0.25, 0.3) is 0 Å². The fourth-order valence-electron chi connectivity index (χ4n) is 1.91. The summed E-state index contributed by atoms with van der Waals surface area (Å²) in [5, 5.41) is 0.855. The van der Waals surface area contributed by atoms with Gasteiger partial charge in [0.1, 0.15) is 0 Å². The van der Waals surface area contributed by atoms with Crippen LogP contribution in [0.1, 0.15) is 25.7 Å². The van der Waals surface area contributed by atoms with Crippen molar-refractivity contribution < 1.29 is 28.4 Å². The van der Waals surface area contributed by atoms with E-state index < -0.39 is 0 Å². The SMILES string of the molecule is BrCCOCCOCCOCCOCCOCCOCCCCCCI. The summed E-state index contributed by atoms with van der Waals surface area (Å²) in [4.78, 5) is 0. The predicted octanol–water partition coefficient (Wildman–Crippen LogP) is 3.48. The zero-order chi connectivity index (χ0) is 19.0. The molecule has 0 saturated carbocycles. The third-order valence-corrected chi connectivity index (χ3v) is 4.34. The first kappa shape index (κ1) is 27.0. The van der Waals surface area contributed by atoms with E-state index in [2.05, 4.69) is 38.5 Å². The highest BCUT2D eigenvalue weighted by Crippen LogP contribution is 2.02. The molecule has 0 aromatic heterocycles. The molecule has 0 radical (unpaired) electrons. The fourth-order valence-corrected chi connectivity index (χ4v) is 2.68. The van der Waals surface area contributed by atoms with Gasteiger partial charge >= 0.3 is 0 Å². The van der Waals surface area contributed by atoms with Crippen molar-refractivity contribution in [2.45, 2.75) is 25.7 Å². The number of unbranched alkanes of at least 4 members (excludes halogenated alkanes) is 3. The molecule has 0 fully saturated rings. The molecule has 8 heteroatoms. The van der Waals surface area contributed by atoms with E-state index in [0.29, 0.717) is 72.7 Å². The molecule has 26 heavy (non-hydrogen) atoms. The Morgan fingerprint density at radius 2 is 0.769 bits per heavy atom. The Bertz CT molecular complexity index is 228. The molecule has 0 spiro atoms. The van der Waals surface area contributed by atoms with Crippen LogP contribution in [-0.2, 0) is 28.4 Å². The molecular weight excluding hydrogens is 519 g/mol. The third-order valence-electron chi connectivity index (χ3n) is 3.25. The average Bonchev–Trinajstić information content (AvgIpc) is 2.66. The van der Waals surface area contributed by atoms with Gasteiger partial charge in [-0.1, -0.05) is 51.4 Å². The van der Waals surface area contributed by atoms with Crippen LogP contribution in [0.3, 0.4) is 0 Å². The number of halogens is 2. The van der Waals surface area contributed by atoms with E-state index >= 15 is 0 Å². The fraction of sp³-hybridized carbons (Fsp3) is 1.00. The summed E-state index contributed by atoms with van der Waals surface area (Å²) < 4.78 is 33.7. The first-order valence-corrected chi connectivity index (χ1v) is 12.1. The van der Waals surface area contributed by atoms with Crippen molar-refractivity contribution in [1.29, 1.82) is 0 Å². The minimum atomic E-state index is 0.574. The predicted molar refractivity (Wildman–Crippen MR) is 116 cm³/mol. The number of rotatable bonds is 23. The second-order valence-electron chi connectivity index (χ2n) is 5.47. The van der Waals surface area contributed by atoms with Crippen LogP contribution in [0.2, 0.25) is 0 Å². The Kier molecular flexibility index (Phi) is 26.9. The van der Waals surface area contributed by atoms with Crippen molar-refractivity contribution in [1.82, 2.24) is 0 Å². The quantitative estimate of drug-likeness (QED) is 0.109. The first-order chi connectivity index (χ1) is 12.9. The second kappa shape index (κ2) is 26.0. The molecule has 0 atom stereocenters. The van der Waals surface area contributed by atoms with Crippen molar-refractivity contribution in [3.63, 3.8) is 0 Å². The maximum absolute atomic E-state index is 5.52. The highest BCUT2D eigenvalue weighted by Gasteiger charge is 1.94. The zero-order valence-corrected chi connectivity index (χ0v) is 19.7. The molecule has 6 nitrogen and oxygen atoms in total. The summed E-state index contributed by atoms with van der Waals surface area (Å²) in [6.45, 7) is 7.56. The van der Waals surface area contributed by atoms with Crippen molar-refractivity contribution in [2.24, 2.45) is 0 Å². The summed E-state index contributed by atoms with van der Waals surface area (Å²) in [6.07, 6.45) is 5.03. The van der Waals surface area contributed by atoms with Crippen LogP contribution in [-0.4, -0.2) is 89.0 Å². The Morgan fingerprint density at radius 3 is 1.15 bits per heavy atom. The van der Waals surface area contributed by atoms with Gasteiger partial charge in [0.15, 0.2) is 0 Å². The van der Waals surface area contributed by atoms with E-state index in [0.717, 1.165) is 18.4 Å². The molecule has 0 bridgehead atoms. The molecule has 0 aromatic carbocycles. The zero-order valence-electron chi connectivity index (χ0n) is 15.9. The van der Waals surface area contributed by atoms with Gasteiger partial charge in [-0.15, -0.1) is 0 Å². The molecule has 0 aliphatic heterocycles. The highest BCUT2D eigenvalue weighted by atomic mass is 127. The first-order valence-electron chi connectivity index (χ1n) is 9.50. The Hall–Kier alpha value is 0.970. The molecule has 0 unspecified atom stereocenters. The Morgan fingerprint density at radius 1 is 0.423 bits per heavy atom. The normalized spacial score (nSPS) is 11.3. The van der Waals surface area contributed by atoms with Crippen LogP contribution in [0, 0.1) is 0 Å². The minimum absolute atomic E-state index is 0.574. The summed E-state index contributed by atoms with van der Waals surface area (Å²) in [7, 11) is 0. The standard InChI is InChI=1S/C18H36BrIO6/c19-5-8-22-10-12-24-14-16-26-18-17-25-15-13-23-11-9-21-7-4-2-1-3-6-20/h1-18H2. The van der Waals surface area contributed by atoms with E-state index in [9.17, 15) is 0 Å². The van der Waals surface area contributed by atoms with Gasteiger partial charge in [-0.2, -0.15) is 0 Å². The number of hydrogen-bond acceptors (Lipinski definition) is 6. The van der Waals surface area contributed by atoms with Gasteiger partial charge in [0.25, 0.3) is 0 Å². The lowest BCUT2D eigenvalue weighted by molar-refractivity contribution is -0.0162. The molecule has 158 valence electrons. The summed E-state index contributed by atoms with van der Waals surface area (Å²) in [5.41, 5.74) is 0. The van der Waals surface area contributed by atoms with Gasteiger partial charge < -0.3 is 28.4 Å². The number of ether oxygens (including phenoxy) is 6. The molecule has 0 heterocycles. The average molecular weight is 555 g/mol. The van der Waals surface area contributed by atoms with Gasteiger partial charge in [-0.05, 0) is 17.3 Å². The van der Waals surface area contributed by atoms with Crippen LogP contribution in [0.4, 0.5) is 0 Å². The molecule has 0 saturated heterocycles. The lowest BCUT2D eigenvalue weighted by Gasteiger charge is -2.08. The van der Waals surface area contributed by atoms with E-state index in [1.54, 1.807) is 0 Å². The Balaban J connectivity index is 2.95. The molecule has 0 N–H and O–H groups in total. The smallest absolute Gasteiger partial charge is 0.0701 e. The number of alkyl halides is 2. The molecular formula is C18H36BrIO6. The summed E-state index contributed by atoms with van der Waals surface area (Å²) in [6, 6.07) is 0. The maximum Gasteiger partial charge on any atom is 0.0701 e. The summed E-state index contributed by atoms with van der Waals surface area (Å²) in [5.74, 6) is 0. The van der Waals surface area contributed by atoms with E-state index in [1.807, 2.05) is 0 Å². The van der Waals surface area contributed by atoms with Gasteiger partial charge in [-0.25, -0.2) is 0 Å². The van der Waals surface area contributed by atoms with Crippen LogP contribution >= 0.6 is 38.5 Å². The Labute approximate surface area is 181 Å². The van der Waals surface area contributed by atoms with Crippen molar-refractivity contribution in [2.75, 3.05) is 89.0 Å². The van der Waals surface area contributed by atoms with E-state index in [4.69, 9.17) is 28.4 Å². The van der Waals surface area contributed by atoms with Crippen molar-refractivity contribution in [3.05, 3.63) is 0 Å². The second-order valence-corrected chi connectivity index (χ2v) is 7.34. The maximum atomic E-state index is 5.52. The molecule has 0 aromatic rings. The van der Waals surface area contributed by atoms with Crippen LogP contribution in [0.5, 0.6) is 0 Å². The van der Waals surface area contributed by atoms with Gasteiger partial charge in [0.2, 0.25) is 0 Å². The van der Waals surface area contributed by atoms with E-state index in [-0.39, 0.29) is 0 Å². The summed E-state index contributed by atoms with van der Waals surface area (Å²) >= 11 is 5.72. The third kappa shape index (κ3) is 25.0. The van der Waals surface area contributed by atoms with Gasteiger partial charge in [0, 0.05) is 11.9 Å². The number of hydrogen-bond donors (Lipinski definition) is 0. The molecule has 0 aliphatic carbocycles. The monoisotopic (exact) mass is 554 g/mol. The molecule has 0 aliphatic rings. The van der Waals surface area contributed by atoms with Gasteiger partial charge in [0.05, 0.1) is 72.7 Å². The minimum Gasteiger partial charge on any atom is -0.379 e. The lowest BCUT2D eigenvalue weighted by Crippen LogP contribution is -2.14. The lowest BCUT2D eigenvalue weighted by atomic mass is 10.2. The van der Waals surface area contributed by atoms with E-state index in [1.165, 1.54) is 23.7 Å². The molecule has 0 amide bonds. The molecule has 0 rings (SSSR count). The topological polar surface area (TPSA) is 55.4 Å². The van der Waals surface area contributed by atoms with Crippen LogP contribution in [0.15, 0.2) is 0 Å². The van der Waals surface area contributed by atoms with Crippen LogP contribution < -0.4 is 0 Å². The largest absolute Gasteiger partial charge is 0.379 e. The van der Waals surface area contributed by atoms with Gasteiger partial charge in [-0.3, -0.25) is 0 Å². The highest BCUT2D eigenvalue weighted by molar-refractivity contribution is 14.1. The van der Waals surface area contributed by atoms with Crippen molar-refractivity contribution >= 4 is 38.5 Å². The van der Waals surface area contributed by atoms with Crippen molar-refractivity contribution in [3.8, 4) is 0 Å².